The Balaban J connectivity index is 1.58. The molecule has 0 atom stereocenters. The van der Waals surface area contributed by atoms with Crippen LogP contribution in [0.1, 0.15) is 11.5 Å². The van der Waals surface area contributed by atoms with Crippen molar-refractivity contribution in [3.05, 3.63) is 65.0 Å². The molecule has 0 fully saturated rings. The number of likely N-dealkylation sites (N-methyl/N-ethyl adjacent to an activating group) is 1. The molecule has 134 valence electrons. The Hall–Kier alpha value is -2.86. The summed E-state index contributed by atoms with van der Waals surface area (Å²) in [6, 6.07) is 14.8. The fourth-order valence-electron chi connectivity index (χ4n) is 2.32. The predicted molar refractivity (Wildman–Crippen MR) is 97.9 cm³/mol. The van der Waals surface area contributed by atoms with E-state index in [0.717, 1.165) is 11.1 Å². The van der Waals surface area contributed by atoms with Crippen LogP contribution in [0.2, 0.25) is 5.02 Å². The van der Waals surface area contributed by atoms with E-state index in [1.54, 1.807) is 31.3 Å². The van der Waals surface area contributed by atoms with E-state index in [1.807, 2.05) is 31.2 Å². The van der Waals surface area contributed by atoms with E-state index in [0.29, 0.717) is 22.5 Å². The lowest BCUT2D eigenvalue weighted by Gasteiger charge is -2.15. The largest absolute Gasteiger partial charge is 0.482 e. The summed E-state index contributed by atoms with van der Waals surface area (Å²) in [6.45, 7) is 2.07. The van der Waals surface area contributed by atoms with Crippen LogP contribution in [0.3, 0.4) is 0 Å². The van der Waals surface area contributed by atoms with Crippen molar-refractivity contribution >= 4 is 17.5 Å². The standard InChI is InChI=1S/C19H18ClN3O3/c1-13-6-5-7-14(10-13)19-21-17(26-22-19)11-23(2)18(24)12-25-16-9-4-3-8-15(16)20/h3-10H,11-12H2,1-2H3. The van der Waals surface area contributed by atoms with Crippen LogP contribution in [0.4, 0.5) is 0 Å². The average Bonchev–Trinajstić information content (AvgIpc) is 3.09. The maximum atomic E-state index is 12.2. The quantitative estimate of drug-likeness (QED) is 0.660. The lowest BCUT2D eigenvalue weighted by Crippen LogP contribution is -2.31. The third-order valence-electron chi connectivity index (χ3n) is 3.73. The minimum absolute atomic E-state index is 0.126. The zero-order valence-electron chi connectivity index (χ0n) is 14.5. The van der Waals surface area contributed by atoms with Crippen molar-refractivity contribution in [2.75, 3.05) is 13.7 Å². The molecular weight excluding hydrogens is 354 g/mol. The van der Waals surface area contributed by atoms with Crippen LogP contribution >= 0.6 is 11.6 Å². The van der Waals surface area contributed by atoms with Gasteiger partial charge in [-0.25, -0.2) is 0 Å². The van der Waals surface area contributed by atoms with E-state index in [4.69, 9.17) is 20.9 Å². The van der Waals surface area contributed by atoms with Crippen LogP contribution in [0.15, 0.2) is 53.1 Å². The predicted octanol–water partition coefficient (Wildman–Crippen LogP) is 3.74. The molecule has 0 bridgehead atoms. The first kappa shape index (κ1) is 17.9. The minimum Gasteiger partial charge on any atom is -0.482 e. The summed E-state index contributed by atoms with van der Waals surface area (Å²) in [7, 11) is 1.65. The van der Waals surface area contributed by atoms with Crippen LogP contribution in [0.25, 0.3) is 11.4 Å². The Labute approximate surface area is 156 Å². The van der Waals surface area contributed by atoms with Gasteiger partial charge in [0.2, 0.25) is 11.7 Å². The number of ether oxygens (including phenoxy) is 1. The Bertz CT molecular complexity index is 910. The van der Waals surface area contributed by atoms with Gasteiger partial charge in [-0.15, -0.1) is 0 Å². The van der Waals surface area contributed by atoms with Crippen molar-refractivity contribution in [1.29, 1.82) is 0 Å². The molecule has 0 aliphatic heterocycles. The van der Waals surface area contributed by atoms with Gasteiger partial charge < -0.3 is 14.2 Å². The Kier molecular flexibility index (Phi) is 5.53. The van der Waals surface area contributed by atoms with Crippen molar-refractivity contribution < 1.29 is 14.1 Å². The highest BCUT2D eigenvalue weighted by Crippen LogP contribution is 2.23. The van der Waals surface area contributed by atoms with Gasteiger partial charge in [-0.1, -0.05) is 52.7 Å². The summed E-state index contributed by atoms with van der Waals surface area (Å²) in [5, 5.41) is 4.43. The molecule has 0 N–H and O–H groups in total. The van der Waals surface area contributed by atoms with Crippen LogP contribution in [-0.2, 0) is 11.3 Å². The molecule has 3 rings (SSSR count). The highest BCUT2D eigenvalue weighted by molar-refractivity contribution is 6.32. The maximum absolute atomic E-state index is 12.2. The second kappa shape index (κ2) is 8.01. The molecule has 0 spiro atoms. The Morgan fingerprint density at radius 2 is 2.04 bits per heavy atom. The molecule has 26 heavy (non-hydrogen) atoms. The lowest BCUT2D eigenvalue weighted by molar-refractivity contribution is -0.132. The van der Waals surface area contributed by atoms with Gasteiger partial charge in [0.15, 0.2) is 6.61 Å². The van der Waals surface area contributed by atoms with E-state index in [2.05, 4.69) is 10.1 Å². The molecular formula is C19H18ClN3O3. The number of rotatable bonds is 6. The summed E-state index contributed by atoms with van der Waals surface area (Å²) in [6.07, 6.45) is 0. The molecule has 0 saturated carbocycles. The van der Waals surface area contributed by atoms with Crippen LogP contribution < -0.4 is 4.74 Å². The summed E-state index contributed by atoms with van der Waals surface area (Å²) in [4.78, 5) is 18.0. The third-order valence-corrected chi connectivity index (χ3v) is 4.04. The SMILES string of the molecule is Cc1cccc(-c2noc(CN(C)C(=O)COc3ccccc3Cl)n2)c1. The highest BCUT2D eigenvalue weighted by atomic mass is 35.5. The first-order valence-electron chi connectivity index (χ1n) is 8.04. The number of hydrogen-bond donors (Lipinski definition) is 0. The number of carbonyl (C=O) groups excluding carboxylic acids is 1. The topological polar surface area (TPSA) is 68.5 Å². The fourth-order valence-corrected chi connectivity index (χ4v) is 2.51. The van der Waals surface area contributed by atoms with E-state index >= 15 is 0 Å². The first-order chi connectivity index (χ1) is 12.5. The monoisotopic (exact) mass is 371 g/mol. The van der Waals surface area contributed by atoms with Crippen molar-refractivity contribution in [1.82, 2.24) is 15.0 Å². The summed E-state index contributed by atoms with van der Waals surface area (Å²) in [5.41, 5.74) is 1.98. The zero-order valence-corrected chi connectivity index (χ0v) is 15.2. The molecule has 0 radical (unpaired) electrons. The van der Waals surface area contributed by atoms with Crippen molar-refractivity contribution in [2.45, 2.75) is 13.5 Å². The van der Waals surface area contributed by atoms with Gasteiger partial charge >= 0.3 is 0 Å². The van der Waals surface area contributed by atoms with E-state index < -0.39 is 0 Å². The molecule has 0 aliphatic carbocycles. The second-order valence-corrected chi connectivity index (χ2v) is 6.26. The summed E-state index contributed by atoms with van der Waals surface area (Å²) < 4.78 is 10.7. The third kappa shape index (κ3) is 4.40. The van der Waals surface area contributed by atoms with E-state index in [9.17, 15) is 4.79 Å². The number of para-hydroxylation sites is 1. The van der Waals surface area contributed by atoms with Crippen LogP contribution in [0.5, 0.6) is 5.75 Å². The van der Waals surface area contributed by atoms with Gasteiger partial charge in [-0.2, -0.15) is 4.98 Å². The first-order valence-corrected chi connectivity index (χ1v) is 8.41. The lowest BCUT2D eigenvalue weighted by atomic mass is 10.1. The summed E-state index contributed by atoms with van der Waals surface area (Å²) in [5.74, 6) is 1.10. The van der Waals surface area contributed by atoms with Crippen LogP contribution in [-0.4, -0.2) is 34.6 Å². The Morgan fingerprint density at radius 1 is 1.23 bits per heavy atom. The van der Waals surface area contributed by atoms with E-state index in [1.165, 1.54) is 4.90 Å². The number of nitrogens with zero attached hydrogens (tertiary/aromatic N) is 3. The Morgan fingerprint density at radius 3 is 2.81 bits per heavy atom. The average molecular weight is 372 g/mol. The van der Waals surface area contributed by atoms with Crippen molar-refractivity contribution in [3.8, 4) is 17.1 Å². The molecule has 0 unspecified atom stereocenters. The number of halogens is 1. The van der Waals surface area contributed by atoms with Crippen molar-refractivity contribution in [2.24, 2.45) is 0 Å². The van der Waals surface area contributed by atoms with E-state index in [-0.39, 0.29) is 19.1 Å². The van der Waals surface area contributed by atoms with Gasteiger partial charge in [0.1, 0.15) is 5.75 Å². The molecule has 1 aromatic heterocycles. The molecule has 0 aliphatic rings. The number of carbonyl (C=O) groups is 1. The second-order valence-electron chi connectivity index (χ2n) is 5.85. The number of aryl methyl sites for hydroxylation is 1. The molecule has 1 heterocycles. The van der Waals surface area contributed by atoms with Gasteiger partial charge in [-0.05, 0) is 25.1 Å². The molecule has 1 amide bonds. The number of amides is 1. The smallest absolute Gasteiger partial charge is 0.260 e. The van der Waals surface area contributed by atoms with Gasteiger partial charge in [-0.3, -0.25) is 4.79 Å². The zero-order chi connectivity index (χ0) is 18.5. The van der Waals surface area contributed by atoms with Crippen molar-refractivity contribution in [3.63, 3.8) is 0 Å². The highest BCUT2D eigenvalue weighted by Gasteiger charge is 2.15. The summed E-state index contributed by atoms with van der Waals surface area (Å²) >= 11 is 6.01. The number of hydrogen-bond acceptors (Lipinski definition) is 5. The normalized spacial score (nSPS) is 10.6. The minimum atomic E-state index is -0.222. The molecule has 0 saturated heterocycles. The van der Waals surface area contributed by atoms with Gasteiger partial charge in [0.25, 0.3) is 5.91 Å². The van der Waals surface area contributed by atoms with Gasteiger partial charge in [0, 0.05) is 12.6 Å². The molecule has 6 nitrogen and oxygen atoms in total. The molecule has 7 heteroatoms. The maximum Gasteiger partial charge on any atom is 0.260 e. The number of aromatic nitrogens is 2. The number of benzene rings is 2. The van der Waals surface area contributed by atoms with Gasteiger partial charge in [0.05, 0.1) is 11.6 Å². The fraction of sp³-hybridized carbons (Fsp3) is 0.211. The molecule has 3 aromatic rings. The van der Waals surface area contributed by atoms with Crippen LogP contribution in [0, 0.1) is 6.92 Å². The molecule has 2 aromatic carbocycles.